The molecule has 2 heteroatoms. The van der Waals surface area contributed by atoms with Gasteiger partial charge in [-0.05, 0) is 62.9 Å². The predicted octanol–water partition coefficient (Wildman–Crippen LogP) is 3.42. The van der Waals surface area contributed by atoms with Gasteiger partial charge in [-0.25, -0.2) is 0 Å². The van der Waals surface area contributed by atoms with Gasteiger partial charge in [-0.15, -0.1) is 0 Å². The van der Waals surface area contributed by atoms with Crippen molar-refractivity contribution in [3.8, 4) is 0 Å². The van der Waals surface area contributed by atoms with Gasteiger partial charge in [0, 0.05) is 19.1 Å². The Kier molecular flexibility index (Phi) is 4.48. The molecule has 1 saturated carbocycles. The van der Waals surface area contributed by atoms with Crippen LogP contribution in [0.25, 0.3) is 0 Å². The largest absolute Gasteiger partial charge is 0.316 e. The lowest BCUT2D eigenvalue weighted by Gasteiger charge is -2.38. The first-order valence-corrected chi connectivity index (χ1v) is 8.78. The van der Waals surface area contributed by atoms with Crippen LogP contribution < -0.4 is 5.32 Å². The third-order valence-corrected chi connectivity index (χ3v) is 6.01. The van der Waals surface area contributed by atoms with Gasteiger partial charge in [0.15, 0.2) is 0 Å². The molecular weight excluding hydrogens is 232 g/mol. The highest BCUT2D eigenvalue weighted by Gasteiger charge is 2.40. The minimum atomic E-state index is 0.607. The second kappa shape index (κ2) is 6.13. The van der Waals surface area contributed by atoms with Crippen LogP contribution in [0.4, 0.5) is 0 Å². The van der Waals surface area contributed by atoms with Gasteiger partial charge in [0.2, 0.25) is 0 Å². The Morgan fingerprint density at radius 1 is 1.16 bits per heavy atom. The topological polar surface area (TPSA) is 15.3 Å². The van der Waals surface area contributed by atoms with Crippen molar-refractivity contribution in [2.45, 2.75) is 70.8 Å². The molecule has 110 valence electrons. The first-order chi connectivity index (χ1) is 9.33. The van der Waals surface area contributed by atoms with Crippen LogP contribution in [-0.2, 0) is 0 Å². The molecule has 0 spiro atoms. The predicted molar refractivity (Wildman–Crippen MR) is 81.4 cm³/mol. The molecule has 0 amide bonds. The van der Waals surface area contributed by atoms with Crippen LogP contribution in [-0.4, -0.2) is 37.1 Å². The van der Waals surface area contributed by atoms with Gasteiger partial charge in [-0.3, -0.25) is 4.90 Å². The molecule has 1 aliphatic carbocycles. The summed E-state index contributed by atoms with van der Waals surface area (Å²) in [6.45, 7) is 7.65. The summed E-state index contributed by atoms with van der Waals surface area (Å²) in [6, 6.07) is 0.942. The maximum Gasteiger partial charge on any atom is 0.0124 e. The van der Waals surface area contributed by atoms with E-state index in [9.17, 15) is 0 Å². The van der Waals surface area contributed by atoms with Gasteiger partial charge < -0.3 is 5.32 Å². The zero-order valence-electron chi connectivity index (χ0n) is 12.8. The lowest BCUT2D eigenvalue weighted by atomic mass is 9.81. The number of rotatable bonds is 5. The van der Waals surface area contributed by atoms with Crippen LogP contribution in [0.5, 0.6) is 0 Å². The molecule has 2 atom stereocenters. The number of nitrogens with zero attached hydrogens (tertiary/aromatic N) is 1. The molecule has 0 aromatic heterocycles. The fraction of sp³-hybridized carbons (Fsp3) is 1.00. The summed E-state index contributed by atoms with van der Waals surface area (Å²) < 4.78 is 0. The molecule has 0 aromatic rings. The summed E-state index contributed by atoms with van der Waals surface area (Å²) in [5.41, 5.74) is 0.607. The molecule has 2 nitrogen and oxygen atoms in total. The fourth-order valence-corrected chi connectivity index (χ4v) is 5.11. The molecule has 2 saturated heterocycles. The second-order valence-corrected chi connectivity index (χ2v) is 7.40. The summed E-state index contributed by atoms with van der Waals surface area (Å²) in [6.07, 6.45) is 13.1. The molecule has 2 heterocycles. The summed E-state index contributed by atoms with van der Waals surface area (Å²) in [5, 5.41) is 3.63. The van der Waals surface area contributed by atoms with Crippen LogP contribution in [0.3, 0.4) is 0 Å². The molecule has 3 rings (SSSR count). The van der Waals surface area contributed by atoms with E-state index in [1.54, 1.807) is 0 Å². The average Bonchev–Trinajstić information content (AvgIpc) is 3.10. The Morgan fingerprint density at radius 2 is 2.00 bits per heavy atom. The first kappa shape index (κ1) is 13.9. The fourth-order valence-electron chi connectivity index (χ4n) is 5.11. The molecule has 2 aliphatic heterocycles. The quantitative estimate of drug-likeness (QED) is 0.818. The maximum absolute atomic E-state index is 3.63. The van der Waals surface area contributed by atoms with Gasteiger partial charge in [-0.2, -0.15) is 0 Å². The van der Waals surface area contributed by atoms with Crippen LogP contribution in [0.2, 0.25) is 0 Å². The van der Waals surface area contributed by atoms with E-state index in [0.29, 0.717) is 5.41 Å². The Hall–Kier alpha value is -0.0800. The SMILES string of the molecule is CCCC1(CN2CCCC2C2CCCC2)CCNC1. The maximum atomic E-state index is 3.63. The normalized spacial score (nSPS) is 37.4. The number of likely N-dealkylation sites (tertiary alicyclic amines) is 1. The molecule has 2 unspecified atom stereocenters. The summed E-state index contributed by atoms with van der Waals surface area (Å²) in [5.74, 6) is 1.04. The van der Waals surface area contributed by atoms with E-state index in [-0.39, 0.29) is 0 Å². The minimum Gasteiger partial charge on any atom is -0.316 e. The molecule has 0 aromatic carbocycles. The van der Waals surface area contributed by atoms with E-state index < -0.39 is 0 Å². The number of hydrogen-bond donors (Lipinski definition) is 1. The second-order valence-electron chi connectivity index (χ2n) is 7.40. The van der Waals surface area contributed by atoms with Crippen molar-refractivity contribution in [1.29, 1.82) is 0 Å². The standard InChI is InChI=1S/C17H32N2/c1-2-9-17(10-11-18-13-17)14-19-12-5-8-16(19)15-6-3-4-7-15/h15-16,18H,2-14H2,1H3. The summed E-state index contributed by atoms with van der Waals surface area (Å²) in [4.78, 5) is 2.90. The number of hydrogen-bond acceptors (Lipinski definition) is 2. The van der Waals surface area contributed by atoms with Crippen molar-refractivity contribution >= 4 is 0 Å². The van der Waals surface area contributed by atoms with Crippen molar-refractivity contribution in [3.05, 3.63) is 0 Å². The highest BCUT2D eigenvalue weighted by molar-refractivity contribution is 4.95. The van der Waals surface area contributed by atoms with Crippen molar-refractivity contribution in [3.63, 3.8) is 0 Å². The van der Waals surface area contributed by atoms with Crippen LogP contribution in [0.15, 0.2) is 0 Å². The zero-order chi connectivity index (χ0) is 13.1. The zero-order valence-corrected chi connectivity index (χ0v) is 12.8. The van der Waals surface area contributed by atoms with E-state index in [1.807, 2.05) is 0 Å². The van der Waals surface area contributed by atoms with Gasteiger partial charge in [0.05, 0.1) is 0 Å². The molecule has 3 fully saturated rings. The average molecular weight is 264 g/mol. The van der Waals surface area contributed by atoms with Gasteiger partial charge in [0.25, 0.3) is 0 Å². The first-order valence-electron chi connectivity index (χ1n) is 8.78. The van der Waals surface area contributed by atoms with Crippen LogP contribution in [0.1, 0.15) is 64.7 Å². The Bertz CT molecular complexity index is 277. The molecule has 0 radical (unpaired) electrons. The van der Waals surface area contributed by atoms with Gasteiger partial charge in [0.1, 0.15) is 0 Å². The number of nitrogens with one attached hydrogen (secondary N) is 1. The molecule has 0 bridgehead atoms. The van der Waals surface area contributed by atoms with Crippen LogP contribution in [0, 0.1) is 11.3 Å². The van der Waals surface area contributed by atoms with Gasteiger partial charge in [-0.1, -0.05) is 26.2 Å². The molecule has 19 heavy (non-hydrogen) atoms. The van der Waals surface area contributed by atoms with E-state index in [1.165, 1.54) is 84.0 Å². The lowest BCUT2D eigenvalue weighted by Crippen LogP contribution is -2.43. The van der Waals surface area contributed by atoms with Crippen molar-refractivity contribution in [1.82, 2.24) is 10.2 Å². The van der Waals surface area contributed by atoms with Crippen molar-refractivity contribution in [2.24, 2.45) is 11.3 Å². The summed E-state index contributed by atoms with van der Waals surface area (Å²) >= 11 is 0. The summed E-state index contributed by atoms with van der Waals surface area (Å²) in [7, 11) is 0. The van der Waals surface area contributed by atoms with Crippen molar-refractivity contribution in [2.75, 3.05) is 26.2 Å². The van der Waals surface area contributed by atoms with Gasteiger partial charge >= 0.3 is 0 Å². The minimum absolute atomic E-state index is 0.607. The monoisotopic (exact) mass is 264 g/mol. The van der Waals surface area contributed by atoms with E-state index in [0.717, 1.165) is 12.0 Å². The van der Waals surface area contributed by atoms with E-state index >= 15 is 0 Å². The third kappa shape index (κ3) is 3.00. The molecule has 1 N–H and O–H groups in total. The van der Waals surface area contributed by atoms with Crippen molar-refractivity contribution < 1.29 is 0 Å². The molecule has 3 aliphatic rings. The lowest BCUT2D eigenvalue weighted by molar-refractivity contribution is 0.113. The van der Waals surface area contributed by atoms with E-state index in [4.69, 9.17) is 0 Å². The Labute approximate surface area is 119 Å². The highest BCUT2D eigenvalue weighted by atomic mass is 15.2. The van der Waals surface area contributed by atoms with Crippen LogP contribution >= 0.6 is 0 Å². The molecular formula is C17H32N2. The highest BCUT2D eigenvalue weighted by Crippen LogP contribution is 2.39. The Balaban J connectivity index is 1.63. The third-order valence-electron chi connectivity index (χ3n) is 6.01. The Morgan fingerprint density at radius 3 is 2.68 bits per heavy atom. The smallest absolute Gasteiger partial charge is 0.0124 e. The van der Waals surface area contributed by atoms with E-state index in [2.05, 4.69) is 17.1 Å².